The first-order valence-corrected chi connectivity index (χ1v) is 7.29. The fourth-order valence-corrected chi connectivity index (χ4v) is 4.05. The zero-order chi connectivity index (χ0) is 12.5. The Hall–Kier alpha value is -0.220. The van der Waals surface area contributed by atoms with Crippen molar-refractivity contribution in [1.82, 2.24) is 5.43 Å². The molecule has 1 fully saturated rings. The van der Waals surface area contributed by atoms with Crippen LogP contribution in [0.5, 0.6) is 0 Å². The van der Waals surface area contributed by atoms with Gasteiger partial charge >= 0.3 is 0 Å². The lowest BCUT2D eigenvalue weighted by Crippen LogP contribution is -2.41. The normalized spacial score (nSPS) is 26.1. The molecule has 0 bridgehead atoms. The monoisotopic (exact) mass is 270 g/mol. The van der Waals surface area contributed by atoms with Crippen LogP contribution >= 0.6 is 23.4 Å². The van der Waals surface area contributed by atoms with Crippen molar-refractivity contribution in [3.8, 4) is 0 Å². The van der Waals surface area contributed by atoms with Gasteiger partial charge in [-0.3, -0.25) is 11.3 Å². The van der Waals surface area contributed by atoms with Gasteiger partial charge in [0.05, 0.1) is 6.04 Å². The highest BCUT2D eigenvalue weighted by Crippen LogP contribution is 2.46. The van der Waals surface area contributed by atoms with Crippen molar-refractivity contribution in [3.05, 3.63) is 34.3 Å². The third kappa shape index (κ3) is 2.63. The Labute approximate surface area is 112 Å². The van der Waals surface area contributed by atoms with Crippen molar-refractivity contribution in [3.63, 3.8) is 0 Å². The van der Waals surface area contributed by atoms with E-state index in [9.17, 15) is 0 Å². The number of hydrogen-bond donors (Lipinski definition) is 2. The van der Waals surface area contributed by atoms with E-state index in [0.29, 0.717) is 0 Å². The number of rotatable bonds is 3. The van der Waals surface area contributed by atoms with Gasteiger partial charge in [-0.25, -0.2) is 0 Å². The molecule has 2 nitrogen and oxygen atoms in total. The standard InChI is InChI=1S/C13H19ClN2S/c1-9-4-5-10(8-11(9)14)12(16-15)13(2)6-3-7-17-13/h4-5,8,12,16H,3,6-7,15H2,1-2H3. The first-order chi connectivity index (χ1) is 8.07. The zero-order valence-electron chi connectivity index (χ0n) is 10.3. The minimum absolute atomic E-state index is 0.160. The molecule has 94 valence electrons. The van der Waals surface area contributed by atoms with Crippen molar-refractivity contribution >= 4 is 23.4 Å². The zero-order valence-corrected chi connectivity index (χ0v) is 11.9. The smallest absolute Gasteiger partial charge is 0.0604 e. The van der Waals surface area contributed by atoms with Crippen LogP contribution in [-0.2, 0) is 0 Å². The van der Waals surface area contributed by atoms with E-state index in [1.165, 1.54) is 24.2 Å². The summed E-state index contributed by atoms with van der Waals surface area (Å²) in [5.41, 5.74) is 5.26. The largest absolute Gasteiger partial charge is 0.271 e. The van der Waals surface area contributed by atoms with E-state index in [4.69, 9.17) is 17.4 Å². The van der Waals surface area contributed by atoms with E-state index in [1.807, 2.05) is 24.8 Å². The molecule has 1 aliphatic heterocycles. The van der Waals surface area contributed by atoms with Gasteiger partial charge in [0.1, 0.15) is 0 Å². The summed E-state index contributed by atoms with van der Waals surface area (Å²) in [5, 5.41) is 0.814. The van der Waals surface area contributed by atoms with Crippen molar-refractivity contribution in [2.45, 2.75) is 37.5 Å². The highest BCUT2D eigenvalue weighted by atomic mass is 35.5. The van der Waals surface area contributed by atoms with Gasteiger partial charge in [-0.05, 0) is 49.6 Å². The summed E-state index contributed by atoms with van der Waals surface area (Å²) < 4.78 is 0.174. The molecule has 1 aromatic rings. The molecule has 0 spiro atoms. The Kier molecular flexibility index (Phi) is 4.03. The number of aryl methyl sites for hydroxylation is 1. The topological polar surface area (TPSA) is 38.0 Å². The predicted molar refractivity (Wildman–Crippen MR) is 76.4 cm³/mol. The fourth-order valence-electron chi connectivity index (χ4n) is 2.44. The molecule has 0 radical (unpaired) electrons. The predicted octanol–water partition coefficient (Wildman–Crippen LogP) is 3.44. The molecule has 2 unspecified atom stereocenters. The van der Waals surface area contributed by atoms with Crippen LogP contribution in [0.4, 0.5) is 0 Å². The number of thioether (sulfide) groups is 1. The summed E-state index contributed by atoms with van der Waals surface area (Å²) in [4.78, 5) is 0. The van der Waals surface area contributed by atoms with E-state index in [2.05, 4.69) is 24.5 Å². The van der Waals surface area contributed by atoms with Crippen LogP contribution in [0.3, 0.4) is 0 Å². The average molecular weight is 271 g/mol. The van der Waals surface area contributed by atoms with Crippen LogP contribution in [-0.4, -0.2) is 10.5 Å². The Morgan fingerprint density at radius 2 is 2.29 bits per heavy atom. The van der Waals surface area contributed by atoms with E-state index < -0.39 is 0 Å². The number of hydrogen-bond acceptors (Lipinski definition) is 3. The molecule has 17 heavy (non-hydrogen) atoms. The molecule has 2 rings (SSSR count). The quantitative estimate of drug-likeness (QED) is 0.653. The molecule has 1 heterocycles. The highest BCUT2D eigenvalue weighted by Gasteiger charge is 2.38. The third-order valence-electron chi connectivity index (χ3n) is 3.56. The molecule has 0 aliphatic carbocycles. The molecular weight excluding hydrogens is 252 g/mol. The third-order valence-corrected chi connectivity index (χ3v) is 5.56. The van der Waals surface area contributed by atoms with Crippen LogP contribution < -0.4 is 11.3 Å². The van der Waals surface area contributed by atoms with E-state index in [0.717, 1.165) is 10.6 Å². The number of nitrogens with two attached hydrogens (primary N) is 1. The summed E-state index contributed by atoms with van der Waals surface area (Å²) in [6.07, 6.45) is 2.46. The van der Waals surface area contributed by atoms with Gasteiger partial charge in [0.25, 0.3) is 0 Å². The molecule has 1 saturated heterocycles. The summed E-state index contributed by atoms with van der Waals surface area (Å²) in [5.74, 6) is 6.97. The Balaban J connectivity index is 2.31. The number of benzene rings is 1. The minimum atomic E-state index is 0.160. The van der Waals surface area contributed by atoms with Gasteiger partial charge in [0.15, 0.2) is 0 Å². The lowest BCUT2D eigenvalue weighted by molar-refractivity contribution is 0.421. The van der Waals surface area contributed by atoms with Gasteiger partial charge < -0.3 is 0 Å². The summed E-state index contributed by atoms with van der Waals surface area (Å²) in [6.45, 7) is 4.30. The maximum atomic E-state index is 6.19. The van der Waals surface area contributed by atoms with Crippen molar-refractivity contribution in [2.24, 2.45) is 5.84 Å². The highest BCUT2D eigenvalue weighted by molar-refractivity contribution is 8.00. The van der Waals surface area contributed by atoms with E-state index >= 15 is 0 Å². The maximum Gasteiger partial charge on any atom is 0.0604 e. The average Bonchev–Trinajstić information content (AvgIpc) is 2.72. The molecule has 4 heteroatoms. The van der Waals surface area contributed by atoms with Crippen molar-refractivity contribution in [1.29, 1.82) is 0 Å². The summed E-state index contributed by atoms with van der Waals surface area (Å²) in [6, 6.07) is 6.37. The van der Waals surface area contributed by atoms with Crippen molar-refractivity contribution < 1.29 is 0 Å². The Morgan fingerprint density at radius 1 is 1.53 bits per heavy atom. The van der Waals surface area contributed by atoms with Gasteiger partial charge in [-0.15, -0.1) is 0 Å². The van der Waals surface area contributed by atoms with Gasteiger partial charge in [0, 0.05) is 9.77 Å². The minimum Gasteiger partial charge on any atom is -0.271 e. The first kappa shape index (κ1) is 13.2. The second kappa shape index (κ2) is 5.19. The molecular formula is C13H19ClN2S. The van der Waals surface area contributed by atoms with E-state index in [-0.39, 0.29) is 10.8 Å². The van der Waals surface area contributed by atoms with Gasteiger partial charge in [0.2, 0.25) is 0 Å². The van der Waals surface area contributed by atoms with Crippen LogP contribution in [0, 0.1) is 6.92 Å². The van der Waals surface area contributed by atoms with Crippen LogP contribution in [0.2, 0.25) is 5.02 Å². The van der Waals surface area contributed by atoms with Crippen LogP contribution in [0.25, 0.3) is 0 Å². The Morgan fingerprint density at radius 3 is 2.82 bits per heavy atom. The Bertz CT molecular complexity index is 402. The fraction of sp³-hybridized carbons (Fsp3) is 0.538. The number of halogens is 1. The lowest BCUT2D eigenvalue weighted by atomic mass is 9.90. The molecule has 1 aromatic carbocycles. The molecule has 0 saturated carbocycles. The first-order valence-electron chi connectivity index (χ1n) is 5.93. The summed E-state index contributed by atoms with van der Waals surface area (Å²) >= 11 is 8.19. The summed E-state index contributed by atoms with van der Waals surface area (Å²) in [7, 11) is 0. The van der Waals surface area contributed by atoms with Crippen LogP contribution in [0.15, 0.2) is 18.2 Å². The molecule has 0 aromatic heterocycles. The SMILES string of the molecule is Cc1ccc(C(NN)C2(C)CCCS2)cc1Cl. The second-order valence-corrected chi connectivity index (χ2v) is 6.91. The maximum absolute atomic E-state index is 6.19. The van der Waals surface area contributed by atoms with Crippen molar-refractivity contribution in [2.75, 3.05) is 5.75 Å². The van der Waals surface area contributed by atoms with Gasteiger partial charge in [-0.2, -0.15) is 11.8 Å². The lowest BCUT2D eigenvalue weighted by Gasteiger charge is -2.33. The molecule has 3 N–H and O–H groups in total. The van der Waals surface area contributed by atoms with E-state index in [1.54, 1.807) is 0 Å². The second-order valence-electron chi connectivity index (χ2n) is 4.87. The number of hydrazine groups is 1. The van der Waals surface area contributed by atoms with Gasteiger partial charge in [-0.1, -0.05) is 23.7 Å². The van der Waals surface area contributed by atoms with Crippen LogP contribution in [0.1, 0.15) is 36.9 Å². The number of nitrogens with one attached hydrogen (secondary N) is 1. The molecule has 1 aliphatic rings. The molecule has 0 amide bonds. The molecule has 2 atom stereocenters.